The van der Waals surface area contributed by atoms with Gasteiger partial charge in [-0.1, -0.05) is 36.4 Å². The number of hydrogen-bond acceptors (Lipinski definition) is 0. The average Bonchev–Trinajstić information content (AvgIpc) is 1.72. The Balaban J connectivity index is 0.000000360. The van der Waals surface area contributed by atoms with E-state index in [1.807, 2.05) is 36.4 Å². The Hall–Kier alpha value is -0.248. The summed E-state index contributed by atoms with van der Waals surface area (Å²) in [7, 11) is 0. The fourth-order valence-corrected chi connectivity index (χ4v) is 0.385. The molecular weight excluding hydrogens is 124 g/mol. The van der Waals surface area contributed by atoms with Crippen LogP contribution >= 0.6 is 0 Å². The largest absolute Gasteiger partial charge is 3.00 e. The molecule has 0 atom stereocenters. The minimum atomic E-state index is 0. The first kappa shape index (κ1) is 6.75. The summed E-state index contributed by atoms with van der Waals surface area (Å²) in [6, 6.07) is 12.0. The molecule has 0 unspecified atom stereocenters. The van der Waals surface area contributed by atoms with Gasteiger partial charge >= 0.3 is 17.4 Å². The van der Waals surface area contributed by atoms with Crippen LogP contribution < -0.4 is 0 Å². The van der Waals surface area contributed by atoms with Gasteiger partial charge in [0.2, 0.25) is 0 Å². The van der Waals surface area contributed by atoms with Gasteiger partial charge in [0.05, 0.1) is 0 Å². The Morgan fingerprint density at radius 2 is 0.571 bits per heavy atom. The van der Waals surface area contributed by atoms with Gasteiger partial charge in [0.15, 0.2) is 0 Å². The molecule has 0 aliphatic heterocycles. The van der Waals surface area contributed by atoms with Crippen LogP contribution in [0.1, 0.15) is 0 Å². The zero-order chi connectivity index (χ0) is 4.24. The van der Waals surface area contributed by atoms with Crippen LogP contribution in [0.25, 0.3) is 0 Å². The monoisotopic (exact) mass is 130 g/mol. The van der Waals surface area contributed by atoms with Crippen molar-refractivity contribution in [3.05, 3.63) is 36.4 Å². The van der Waals surface area contributed by atoms with Gasteiger partial charge in [-0.3, -0.25) is 0 Å². The molecule has 0 N–H and O–H groups in total. The Kier molecular flexibility index (Phi) is 3.79. The molecular formula is C6H6Cr+3. The molecule has 0 bridgehead atoms. The standard InChI is InChI=1S/C6H6.Cr/c1-2-4-6-5-3-1;/h1-6H;/q;+3. The third-order valence-electron chi connectivity index (χ3n) is 0.667. The maximum atomic E-state index is 2.00. The van der Waals surface area contributed by atoms with E-state index in [0.29, 0.717) is 0 Å². The van der Waals surface area contributed by atoms with Crippen molar-refractivity contribution < 1.29 is 17.4 Å². The summed E-state index contributed by atoms with van der Waals surface area (Å²) >= 11 is 0. The maximum Gasteiger partial charge on any atom is 3.00 e. The minimum Gasteiger partial charge on any atom is -0.0623 e. The van der Waals surface area contributed by atoms with Gasteiger partial charge in [-0.25, -0.2) is 0 Å². The number of rotatable bonds is 0. The van der Waals surface area contributed by atoms with Crippen LogP contribution in [0.3, 0.4) is 0 Å². The zero-order valence-electron chi connectivity index (χ0n) is 3.87. The van der Waals surface area contributed by atoms with Crippen LogP contribution in [0.2, 0.25) is 0 Å². The molecule has 0 spiro atoms. The van der Waals surface area contributed by atoms with Crippen LogP contribution in [0.5, 0.6) is 0 Å². The van der Waals surface area contributed by atoms with Crippen LogP contribution in [0, 0.1) is 0 Å². The van der Waals surface area contributed by atoms with Crippen molar-refractivity contribution in [3.63, 3.8) is 0 Å². The van der Waals surface area contributed by atoms with E-state index in [1.165, 1.54) is 0 Å². The molecule has 1 aromatic rings. The molecule has 7 heavy (non-hydrogen) atoms. The van der Waals surface area contributed by atoms with Gasteiger partial charge in [-0.2, -0.15) is 0 Å². The van der Waals surface area contributed by atoms with Gasteiger partial charge in [-0.15, -0.1) is 0 Å². The van der Waals surface area contributed by atoms with Crippen molar-refractivity contribution in [2.45, 2.75) is 0 Å². The molecule has 1 radical (unpaired) electrons. The second-order valence-electron chi connectivity index (χ2n) is 1.15. The van der Waals surface area contributed by atoms with E-state index < -0.39 is 0 Å². The maximum absolute atomic E-state index is 2.00. The molecule has 0 saturated heterocycles. The SMILES string of the molecule is [Cr+3].c1ccccc1. The molecule has 0 nitrogen and oxygen atoms in total. The Morgan fingerprint density at radius 3 is 0.714 bits per heavy atom. The number of hydrogen-bond donors (Lipinski definition) is 0. The quantitative estimate of drug-likeness (QED) is 0.501. The molecule has 33 valence electrons. The van der Waals surface area contributed by atoms with Crippen molar-refractivity contribution in [2.75, 3.05) is 0 Å². The molecule has 0 fully saturated rings. The van der Waals surface area contributed by atoms with Crippen molar-refractivity contribution in [1.82, 2.24) is 0 Å². The summed E-state index contributed by atoms with van der Waals surface area (Å²) in [6.07, 6.45) is 0. The van der Waals surface area contributed by atoms with Gasteiger partial charge in [0.1, 0.15) is 0 Å². The van der Waals surface area contributed by atoms with Gasteiger partial charge in [0, 0.05) is 0 Å². The van der Waals surface area contributed by atoms with Crippen LogP contribution in [-0.2, 0) is 17.4 Å². The van der Waals surface area contributed by atoms with E-state index in [0.717, 1.165) is 0 Å². The average molecular weight is 130 g/mol. The van der Waals surface area contributed by atoms with E-state index in [2.05, 4.69) is 0 Å². The predicted molar refractivity (Wildman–Crippen MR) is 26.4 cm³/mol. The molecule has 0 amide bonds. The molecule has 0 heterocycles. The molecule has 0 saturated carbocycles. The summed E-state index contributed by atoms with van der Waals surface area (Å²) in [5.41, 5.74) is 0. The van der Waals surface area contributed by atoms with E-state index in [9.17, 15) is 0 Å². The summed E-state index contributed by atoms with van der Waals surface area (Å²) in [5, 5.41) is 0. The molecule has 1 heteroatoms. The van der Waals surface area contributed by atoms with Crippen LogP contribution in [0.4, 0.5) is 0 Å². The van der Waals surface area contributed by atoms with Crippen molar-refractivity contribution in [1.29, 1.82) is 0 Å². The van der Waals surface area contributed by atoms with Crippen molar-refractivity contribution in [2.24, 2.45) is 0 Å². The van der Waals surface area contributed by atoms with E-state index in [-0.39, 0.29) is 17.4 Å². The van der Waals surface area contributed by atoms with Crippen LogP contribution in [0.15, 0.2) is 36.4 Å². The molecule has 0 aliphatic rings. The van der Waals surface area contributed by atoms with Crippen molar-refractivity contribution in [3.8, 4) is 0 Å². The van der Waals surface area contributed by atoms with Gasteiger partial charge in [0.25, 0.3) is 0 Å². The second kappa shape index (κ2) is 3.93. The number of benzene rings is 1. The first-order valence-corrected chi connectivity index (χ1v) is 2.00. The van der Waals surface area contributed by atoms with E-state index >= 15 is 0 Å². The summed E-state index contributed by atoms with van der Waals surface area (Å²) < 4.78 is 0. The normalized spacial score (nSPS) is 6.86. The molecule has 0 aromatic heterocycles. The second-order valence-corrected chi connectivity index (χ2v) is 1.15. The summed E-state index contributed by atoms with van der Waals surface area (Å²) in [5.74, 6) is 0. The molecule has 1 rings (SSSR count). The van der Waals surface area contributed by atoms with Crippen LogP contribution in [-0.4, -0.2) is 0 Å². The third kappa shape index (κ3) is 2.45. The van der Waals surface area contributed by atoms with E-state index in [1.54, 1.807) is 0 Å². The van der Waals surface area contributed by atoms with Gasteiger partial charge < -0.3 is 0 Å². The fraction of sp³-hybridized carbons (Fsp3) is 0. The molecule has 1 aromatic carbocycles. The molecule has 0 aliphatic carbocycles. The Bertz CT molecular complexity index is 76.1. The smallest absolute Gasteiger partial charge is 0.0623 e. The summed E-state index contributed by atoms with van der Waals surface area (Å²) in [4.78, 5) is 0. The fourth-order valence-electron chi connectivity index (χ4n) is 0.385. The zero-order valence-corrected chi connectivity index (χ0v) is 5.15. The van der Waals surface area contributed by atoms with Gasteiger partial charge in [-0.05, 0) is 0 Å². The van der Waals surface area contributed by atoms with Crippen molar-refractivity contribution >= 4 is 0 Å². The Morgan fingerprint density at radius 1 is 0.429 bits per heavy atom. The predicted octanol–water partition coefficient (Wildman–Crippen LogP) is 1.68. The Labute approximate surface area is 54.3 Å². The first-order chi connectivity index (χ1) is 3.00. The third-order valence-corrected chi connectivity index (χ3v) is 0.667. The summed E-state index contributed by atoms with van der Waals surface area (Å²) in [6.45, 7) is 0. The van der Waals surface area contributed by atoms with E-state index in [4.69, 9.17) is 0 Å². The topological polar surface area (TPSA) is 0 Å². The first-order valence-electron chi connectivity index (χ1n) is 2.00. The minimum absolute atomic E-state index is 0.